The molecule has 2 aromatic rings. The Morgan fingerprint density at radius 3 is 2.72 bits per heavy atom. The first-order valence-corrected chi connectivity index (χ1v) is 6.06. The van der Waals surface area contributed by atoms with Crippen LogP contribution in [0, 0.1) is 11.8 Å². The second-order valence-electron chi connectivity index (χ2n) is 4.31. The molecular formula is C16H13NO. The van der Waals surface area contributed by atoms with Gasteiger partial charge < -0.3 is 4.90 Å². The number of benzene rings is 2. The fraction of sp³-hybridized carbons (Fsp3) is 0.188. The normalized spacial score (nSPS) is 12.7. The zero-order chi connectivity index (χ0) is 12.5. The van der Waals surface area contributed by atoms with Gasteiger partial charge in [0.2, 0.25) is 0 Å². The van der Waals surface area contributed by atoms with Gasteiger partial charge in [-0.3, -0.25) is 4.79 Å². The Bertz CT molecular complexity index is 686. The quantitative estimate of drug-likeness (QED) is 0.732. The Kier molecular flexibility index (Phi) is 2.53. The Labute approximate surface area is 106 Å². The first-order chi connectivity index (χ1) is 8.83. The Morgan fingerprint density at radius 2 is 1.94 bits per heavy atom. The summed E-state index contributed by atoms with van der Waals surface area (Å²) in [6.45, 7) is 2.48. The van der Waals surface area contributed by atoms with Crippen LogP contribution in [0.2, 0.25) is 0 Å². The molecule has 1 aliphatic rings. The molecule has 2 aromatic carbocycles. The molecule has 0 bridgehead atoms. The number of carbonyl (C=O) groups excluding carboxylic acids is 1. The molecule has 0 aliphatic carbocycles. The van der Waals surface area contributed by atoms with Crippen molar-refractivity contribution in [2.45, 2.75) is 13.3 Å². The summed E-state index contributed by atoms with van der Waals surface area (Å²) in [5, 5.41) is 2.21. The van der Waals surface area contributed by atoms with Crippen LogP contribution in [0.3, 0.4) is 0 Å². The molecule has 1 heterocycles. The second kappa shape index (κ2) is 4.19. The predicted molar refractivity (Wildman–Crippen MR) is 73.7 cm³/mol. The standard InChI is InChI=1S/C16H13NO/c1-2-3-4-11-17-14-10-6-8-12-7-5-9-13(15(12)14)16(17)18/h5-10H,4,11H2,1H3. The smallest absolute Gasteiger partial charge is 0.259 e. The van der Waals surface area contributed by atoms with Gasteiger partial charge >= 0.3 is 0 Å². The van der Waals surface area contributed by atoms with E-state index in [0.717, 1.165) is 22.0 Å². The van der Waals surface area contributed by atoms with Crippen molar-refractivity contribution in [2.24, 2.45) is 0 Å². The minimum Gasteiger partial charge on any atom is -0.307 e. The Morgan fingerprint density at radius 1 is 1.17 bits per heavy atom. The largest absolute Gasteiger partial charge is 0.307 e. The van der Waals surface area contributed by atoms with Crippen LogP contribution in [0.25, 0.3) is 10.8 Å². The molecule has 18 heavy (non-hydrogen) atoms. The molecular weight excluding hydrogens is 222 g/mol. The molecule has 0 spiro atoms. The maximum absolute atomic E-state index is 12.3. The molecule has 0 fully saturated rings. The molecule has 2 heteroatoms. The van der Waals surface area contributed by atoms with Gasteiger partial charge in [-0.2, -0.15) is 0 Å². The van der Waals surface area contributed by atoms with Crippen LogP contribution in [0.4, 0.5) is 5.69 Å². The third-order valence-electron chi connectivity index (χ3n) is 3.29. The predicted octanol–water partition coefficient (Wildman–Crippen LogP) is 3.21. The number of nitrogens with zero attached hydrogens (tertiary/aromatic N) is 1. The highest BCUT2D eigenvalue weighted by atomic mass is 16.2. The van der Waals surface area contributed by atoms with E-state index in [1.54, 1.807) is 0 Å². The third kappa shape index (κ3) is 1.48. The van der Waals surface area contributed by atoms with E-state index >= 15 is 0 Å². The highest BCUT2D eigenvalue weighted by Crippen LogP contribution is 2.36. The maximum atomic E-state index is 12.3. The maximum Gasteiger partial charge on any atom is 0.259 e. The van der Waals surface area contributed by atoms with Crippen LogP contribution >= 0.6 is 0 Å². The molecule has 1 aliphatic heterocycles. The van der Waals surface area contributed by atoms with Crippen LogP contribution < -0.4 is 4.90 Å². The van der Waals surface area contributed by atoms with Crippen LogP contribution in [0.15, 0.2) is 36.4 Å². The minimum atomic E-state index is 0.0969. The highest BCUT2D eigenvalue weighted by molar-refractivity contribution is 6.24. The number of carbonyl (C=O) groups is 1. The molecule has 0 N–H and O–H groups in total. The van der Waals surface area contributed by atoms with Crippen LogP contribution in [-0.2, 0) is 0 Å². The first-order valence-electron chi connectivity index (χ1n) is 6.06. The third-order valence-corrected chi connectivity index (χ3v) is 3.29. The monoisotopic (exact) mass is 235 g/mol. The van der Waals surface area contributed by atoms with Crippen LogP contribution in [0.1, 0.15) is 23.7 Å². The molecule has 1 amide bonds. The number of hydrogen-bond donors (Lipinski definition) is 0. The summed E-state index contributed by atoms with van der Waals surface area (Å²) in [4.78, 5) is 14.2. The van der Waals surface area contributed by atoms with Gasteiger partial charge in [0.15, 0.2) is 0 Å². The SMILES string of the molecule is CC#CCCN1C(=O)c2cccc3cccc1c23. The second-order valence-corrected chi connectivity index (χ2v) is 4.31. The van der Waals surface area contributed by atoms with Gasteiger partial charge in [-0.1, -0.05) is 24.3 Å². The lowest BCUT2D eigenvalue weighted by Gasteiger charge is -2.15. The molecule has 88 valence electrons. The van der Waals surface area contributed by atoms with Crippen LogP contribution in [-0.4, -0.2) is 12.5 Å². The lowest BCUT2D eigenvalue weighted by Crippen LogP contribution is -2.27. The van der Waals surface area contributed by atoms with E-state index in [9.17, 15) is 4.79 Å². The summed E-state index contributed by atoms with van der Waals surface area (Å²) in [5.74, 6) is 5.97. The van der Waals surface area contributed by atoms with Crippen molar-refractivity contribution in [3.05, 3.63) is 42.0 Å². The molecule has 2 nitrogen and oxygen atoms in total. The number of rotatable bonds is 2. The lowest BCUT2D eigenvalue weighted by molar-refractivity contribution is 0.0993. The van der Waals surface area contributed by atoms with Crippen molar-refractivity contribution in [1.29, 1.82) is 0 Å². The number of anilines is 1. The van der Waals surface area contributed by atoms with E-state index in [0.29, 0.717) is 13.0 Å². The van der Waals surface area contributed by atoms with Crippen molar-refractivity contribution in [3.8, 4) is 11.8 Å². The van der Waals surface area contributed by atoms with Gasteiger partial charge in [0.05, 0.1) is 5.69 Å². The van der Waals surface area contributed by atoms with E-state index in [4.69, 9.17) is 0 Å². The fourth-order valence-corrected chi connectivity index (χ4v) is 2.49. The summed E-state index contributed by atoms with van der Waals surface area (Å²) in [5.41, 5.74) is 1.83. The van der Waals surface area contributed by atoms with Gasteiger partial charge in [-0.15, -0.1) is 11.8 Å². The lowest BCUT2D eigenvalue weighted by atomic mass is 10.1. The highest BCUT2D eigenvalue weighted by Gasteiger charge is 2.28. The molecule has 3 rings (SSSR count). The molecule has 0 radical (unpaired) electrons. The van der Waals surface area contributed by atoms with Crippen molar-refractivity contribution < 1.29 is 4.79 Å². The number of amides is 1. The molecule has 0 atom stereocenters. The van der Waals surface area contributed by atoms with Crippen molar-refractivity contribution in [3.63, 3.8) is 0 Å². The first kappa shape index (κ1) is 10.9. The van der Waals surface area contributed by atoms with E-state index < -0.39 is 0 Å². The van der Waals surface area contributed by atoms with Crippen molar-refractivity contribution >= 4 is 22.4 Å². The average molecular weight is 235 g/mol. The van der Waals surface area contributed by atoms with Crippen molar-refractivity contribution in [2.75, 3.05) is 11.4 Å². The Hall–Kier alpha value is -2.27. The van der Waals surface area contributed by atoms with Crippen molar-refractivity contribution in [1.82, 2.24) is 0 Å². The number of hydrogen-bond acceptors (Lipinski definition) is 1. The van der Waals surface area contributed by atoms with Gasteiger partial charge in [0.25, 0.3) is 5.91 Å². The van der Waals surface area contributed by atoms with E-state index in [-0.39, 0.29) is 5.91 Å². The average Bonchev–Trinajstić information content (AvgIpc) is 2.67. The molecule has 0 saturated heterocycles. The van der Waals surface area contributed by atoms with Crippen LogP contribution in [0.5, 0.6) is 0 Å². The topological polar surface area (TPSA) is 20.3 Å². The van der Waals surface area contributed by atoms with Gasteiger partial charge in [-0.25, -0.2) is 0 Å². The van der Waals surface area contributed by atoms with Gasteiger partial charge in [-0.05, 0) is 24.4 Å². The van der Waals surface area contributed by atoms with E-state index in [1.807, 2.05) is 48.2 Å². The summed E-state index contributed by atoms with van der Waals surface area (Å²) in [6, 6.07) is 11.9. The van der Waals surface area contributed by atoms with E-state index in [1.165, 1.54) is 0 Å². The molecule has 0 saturated carbocycles. The van der Waals surface area contributed by atoms with E-state index in [2.05, 4.69) is 11.8 Å². The fourth-order valence-electron chi connectivity index (χ4n) is 2.49. The summed E-state index contributed by atoms with van der Waals surface area (Å²) in [7, 11) is 0. The Balaban J connectivity index is 2.10. The zero-order valence-corrected chi connectivity index (χ0v) is 10.2. The summed E-state index contributed by atoms with van der Waals surface area (Å²) >= 11 is 0. The van der Waals surface area contributed by atoms with Gasteiger partial charge in [0, 0.05) is 23.9 Å². The summed E-state index contributed by atoms with van der Waals surface area (Å²) < 4.78 is 0. The molecule has 0 aromatic heterocycles. The van der Waals surface area contributed by atoms with Gasteiger partial charge in [0.1, 0.15) is 0 Å². The zero-order valence-electron chi connectivity index (χ0n) is 10.2. The molecule has 0 unspecified atom stereocenters. The minimum absolute atomic E-state index is 0.0969. The summed E-state index contributed by atoms with van der Waals surface area (Å²) in [6.07, 6.45) is 0.715.